The number of amides is 1. The summed E-state index contributed by atoms with van der Waals surface area (Å²) in [6, 6.07) is 9.28. The number of hydrogen-bond donors (Lipinski definition) is 1. The number of hydrazine groups is 1. The molecule has 0 aromatic heterocycles. The third-order valence-corrected chi connectivity index (χ3v) is 6.69. The second-order valence-electron chi connectivity index (χ2n) is 8.51. The van der Waals surface area contributed by atoms with Crippen LogP contribution in [0, 0.1) is 5.92 Å². The van der Waals surface area contributed by atoms with Gasteiger partial charge in [-0.1, -0.05) is 48.2 Å². The molecule has 2 aliphatic rings. The van der Waals surface area contributed by atoms with Gasteiger partial charge in [0.25, 0.3) is 5.91 Å². The molecule has 0 aliphatic carbocycles. The average molecular weight is 529 g/mol. The molecule has 1 N–H and O–H groups in total. The van der Waals surface area contributed by atoms with Crippen LogP contribution in [0.2, 0.25) is 10.0 Å². The molecule has 1 saturated heterocycles. The molecule has 2 heterocycles. The predicted molar refractivity (Wildman–Crippen MR) is 130 cm³/mol. The van der Waals surface area contributed by atoms with Gasteiger partial charge in [0.2, 0.25) is 0 Å². The van der Waals surface area contributed by atoms with Crippen LogP contribution in [-0.2, 0) is 4.79 Å². The van der Waals surface area contributed by atoms with Gasteiger partial charge in [0.05, 0.1) is 23.9 Å². The lowest BCUT2D eigenvalue weighted by Gasteiger charge is -2.30. The van der Waals surface area contributed by atoms with Crippen molar-refractivity contribution in [1.29, 1.82) is 0 Å². The SMILES string of the molecule is COc1ccc([C@H]2[C@@H](C(F)(F)F)C(C(=O)NN3CCCCCC3)=NN2c2ccc(Cl)cc2Cl)cc1. The van der Waals surface area contributed by atoms with E-state index in [0.717, 1.165) is 30.7 Å². The van der Waals surface area contributed by atoms with Crippen LogP contribution in [0.25, 0.3) is 0 Å². The minimum Gasteiger partial charge on any atom is -0.497 e. The number of benzene rings is 2. The second kappa shape index (κ2) is 10.6. The number of nitrogens with zero attached hydrogens (tertiary/aromatic N) is 3. The van der Waals surface area contributed by atoms with Crippen molar-refractivity contribution in [2.45, 2.75) is 37.9 Å². The van der Waals surface area contributed by atoms with Crippen LogP contribution in [0.1, 0.15) is 37.3 Å². The molecule has 2 aromatic carbocycles. The maximum absolute atomic E-state index is 14.6. The monoisotopic (exact) mass is 528 g/mol. The molecule has 0 unspecified atom stereocenters. The molecule has 6 nitrogen and oxygen atoms in total. The lowest BCUT2D eigenvalue weighted by atomic mass is 9.88. The molecular weight excluding hydrogens is 504 g/mol. The molecule has 4 rings (SSSR count). The highest BCUT2D eigenvalue weighted by Gasteiger charge is 2.56. The Morgan fingerprint density at radius 2 is 1.71 bits per heavy atom. The Bertz CT molecular complexity index is 1090. The molecule has 0 saturated carbocycles. The van der Waals surface area contributed by atoms with E-state index in [1.807, 2.05) is 0 Å². The van der Waals surface area contributed by atoms with E-state index in [0.29, 0.717) is 29.4 Å². The first-order valence-corrected chi connectivity index (χ1v) is 12.0. The Morgan fingerprint density at radius 3 is 2.29 bits per heavy atom. The fourth-order valence-electron chi connectivity index (χ4n) is 4.44. The van der Waals surface area contributed by atoms with E-state index in [4.69, 9.17) is 27.9 Å². The topological polar surface area (TPSA) is 57.2 Å². The van der Waals surface area contributed by atoms with Crippen molar-refractivity contribution in [3.63, 3.8) is 0 Å². The van der Waals surface area contributed by atoms with Crippen molar-refractivity contribution in [3.05, 3.63) is 58.1 Å². The number of anilines is 1. The number of ether oxygens (including phenoxy) is 1. The number of hydrazone groups is 1. The molecule has 1 fully saturated rings. The zero-order valence-electron chi connectivity index (χ0n) is 19.0. The molecular formula is C24H25Cl2F3N4O2. The Labute approximate surface area is 211 Å². The van der Waals surface area contributed by atoms with E-state index < -0.39 is 29.8 Å². The summed E-state index contributed by atoms with van der Waals surface area (Å²) >= 11 is 12.4. The summed E-state index contributed by atoms with van der Waals surface area (Å²) in [5.74, 6) is -2.57. The molecule has 0 bridgehead atoms. The largest absolute Gasteiger partial charge is 0.497 e. The lowest BCUT2D eigenvalue weighted by Crippen LogP contribution is -2.49. The minimum atomic E-state index is -4.76. The number of halogens is 5. The molecule has 0 radical (unpaired) electrons. The zero-order chi connectivity index (χ0) is 25.2. The van der Waals surface area contributed by atoms with Crippen LogP contribution in [0.15, 0.2) is 47.6 Å². The normalized spacial score (nSPS) is 21.4. The van der Waals surface area contributed by atoms with Gasteiger partial charge < -0.3 is 4.74 Å². The molecule has 2 aliphatic heterocycles. The smallest absolute Gasteiger partial charge is 0.399 e. The van der Waals surface area contributed by atoms with Crippen LogP contribution in [0.3, 0.4) is 0 Å². The van der Waals surface area contributed by atoms with Crippen molar-refractivity contribution < 1.29 is 22.7 Å². The standard InChI is InChI=1S/C24H25Cl2F3N4O2/c1-35-17-9-6-15(7-10-17)22-20(24(27,28)29)21(23(34)31-32-12-4-2-3-5-13-32)30-33(22)19-11-8-16(25)14-18(19)26/h6-11,14,20,22H,2-5,12-13H2,1H3,(H,31,34)/t20-,22-/m0/s1. The van der Waals surface area contributed by atoms with E-state index in [1.165, 1.54) is 37.4 Å². The second-order valence-corrected chi connectivity index (χ2v) is 9.35. The fourth-order valence-corrected chi connectivity index (χ4v) is 4.94. The summed E-state index contributed by atoms with van der Waals surface area (Å²) in [4.78, 5) is 13.2. The molecule has 11 heteroatoms. The quantitative estimate of drug-likeness (QED) is 0.516. The van der Waals surface area contributed by atoms with E-state index in [9.17, 15) is 18.0 Å². The summed E-state index contributed by atoms with van der Waals surface area (Å²) < 4.78 is 48.9. The fraction of sp³-hybridized carbons (Fsp3) is 0.417. The van der Waals surface area contributed by atoms with Gasteiger partial charge in [0.1, 0.15) is 17.4 Å². The van der Waals surface area contributed by atoms with Gasteiger partial charge in [0.15, 0.2) is 0 Å². The van der Waals surface area contributed by atoms with E-state index in [2.05, 4.69) is 10.5 Å². The highest BCUT2D eigenvalue weighted by atomic mass is 35.5. The van der Waals surface area contributed by atoms with E-state index >= 15 is 0 Å². The van der Waals surface area contributed by atoms with Gasteiger partial charge in [0, 0.05) is 18.1 Å². The summed E-state index contributed by atoms with van der Waals surface area (Å²) in [6.45, 7) is 1.15. The predicted octanol–water partition coefficient (Wildman–Crippen LogP) is 6.01. The number of rotatable bonds is 5. The first-order valence-electron chi connectivity index (χ1n) is 11.3. The number of methoxy groups -OCH3 is 1. The van der Waals surface area contributed by atoms with E-state index in [1.54, 1.807) is 17.1 Å². The molecule has 2 aromatic rings. The van der Waals surface area contributed by atoms with E-state index in [-0.39, 0.29) is 10.7 Å². The molecule has 35 heavy (non-hydrogen) atoms. The summed E-state index contributed by atoms with van der Waals surface area (Å²) in [7, 11) is 1.47. The van der Waals surface area contributed by atoms with Crippen LogP contribution < -0.4 is 15.2 Å². The number of carbonyl (C=O) groups is 1. The minimum absolute atomic E-state index is 0.120. The van der Waals surface area contributed by atoms with Gasteiger partial charge in [-0.2, -0.15) is 18.3 Å². The number of hydrogen-bond acceptors (Lipinski definition) is 5. The van der Waals surface area contributed by atoms with Gasteiger partial charge in [-0.15, -0.1) is 0 Å². The van der Waals surface area contributed by atoms with Gasteiger partial charge in [-0.05, 0) is 48.7 Å². The number of carbonyl (C=O) groups excluding carboxylic acids is 1. The first-order chi connectivity index (χ1) is 16.7. The summed E-state index contributed by atoms with van der Waals surface area (Å²) in [6.07, 6.45) is -1.01. The average Bonchev–Trinajstić information content (AvgIpc) is 3.04. The van der Waals surface area contributed by atoms with Crippen molar-refractivity contribution in [1.82, 2.24) is 10.4 Å². The lowest BCUT2D eigenvalue weighted by molar-refractivity contribution is -0.160. The van der Waals surface area contributed by atoms with Gasteiger partial charge >= 0.3 is 6.18 Å². The Kier molecular flexibility index (Phi) is 7.78. The summed E-state index contributed by atoms with van der Waals surface area (Å²) in [5, 5.41) is 7.50. The van der Waals surface area contributed by atoms with Crippen LogP contribution in [0.4, 0.5) is 18.9 Å². The Morgan fingerprint density at radius 1 is 1.06 bits per heavy atom. The zero-order valence-corrected chi connectivity index (χ0v) is 20.5. The van der Waals surface area contributed by atoms with Crippen LogP contribution in [-0.4, -0.2) is 43.0 Å². The number of alkyl halides is 3. The molecule has 1 amide bonds. The molecule has 188 valence electrons. The summed E-state index contributed by atoms with van der Waals surface area (Å²) in [5.41, 5.74) is 2.55. The third kappa shape index (κ3) is 5.68. The Balaban J connectivity index is 1.77. The highest BCUT2D eigenvalue weighted by molar-refractivity contribution is 6.41. The van der Waals surface area contributed by atoms with Crippen LogP contribution in [0.5, 0.6) is 5.75 Å². The first kappa shape index (κ1) is 25.6. The van der Waals surface area contributed by atoms with Crippen molar-refractivity contribution >= 4 is 40.5 Å². The number of nitrogens with one attached hydrogen (secondary N) is 1. The van der Waals surface area contributed by atoms with Crippen LogP contribution >= 0.6 is 23.2 Å². The molecule has 0 spiro atoms. The third-order valence-electron chi connectivity index (χ3n) is 6.15. The Hall–Kier alpha value is -2.49. The van der Waals surface area contributed by atoms with Crippen molar-refractivity contribution in [3.8, 4) is 5.75 Å². The molecule has 2 atom stereocenters. The van der Waals surface area contributed by atoms with Gasteiger partial charge in [-0.25, -0.2) is 5.01 Å². The maximum atomic E-state index is 14.6. The van der Waals surface area contributed by atoms with Crippen molar-refractivity contribution in [2.24, 2.45) is 11.0 Å². The van der Waals surface area contributed by atoms with Crippen molar-refractivity contribution in [2.75, 3.05) is 25.2 Å². The van der Waals surface area contributed by atoms with Gasteiger partial charge in [-0.3, -0.25) is 15.2 Å². The maximum Gasteiger partial charge on any atom is 0.399 e. The highest BCUT2D eigenvalue weighted by Crippen LogP contribution is 2.48.